The van der Waals surface area contributed by atoms with Gasteiger partial charge in [-0.25, -0.2) is 23.5 Å². The molecule has 0 unspecified atom stereocenters. The van der Waals surface area contributed by atoms with Crippen molar-refractivity contribution in [3.63, 3.8) is 0 Å². The predicted octanol–water partition coefficient (Wildman–Crippen LogP) is 6.70. The Labute approximate surface area is 299 Å². The standard InChI is InChI=1S/C39H40F2N6O5/c1-23-29(17-27(40)18-32(23)45-36(48)28-9-8-26(16-31(28)41)38(2,3)51)34-30-19-33(44-35(30)43-22-42-34)25-6-4-24(5-7-25)20-46-12-10-39(11-13-46)21-47(37(49)50)14-15-52-39/h4-9,16-19,22,51H,10-15,20-21H2,1-3H3,(H,45,48)(H,49,50)(H,42,43,44). The van der Waals surface area contributed by atoms with Crippen molar-refractivity contribution in [3.05, 3.63) is 101 Å². The summed E-state index contributed by atoms with van der Waals surface area (Å²) < 4.78 is 36.1. The minimum atomic E-state index is -1.28. The summed E-state index contributed by atoms with van der Waals surface area (Å²) in [5.41, 5.74) is 3.43. The van der Waals surface area contributed by atoms with E-state index in [9.17, 15) is 24.2 Å². The summed E-state index contributed by atoms with van der Waals surface area (Å²) in [7, 11) is 0. The normalized spacial score (nSPS) is 16.4. The zero-order valence-electron chi connectivity index (χ0n) is 29.2. The number of morpholine rings is 1. The molecule has 0 saturated carbocycles. The van der Waals surface area contributed by atoms with Crippen molar-refractivity contribution in [2.45, 2.75) is 51.4 Å². The molecule has 11 nitrogen and oxygen atoms in total. The first-order chi connectivity index (χ1) is 24.8. The average Bonchev–Trinajstić information content (AvgIpc) is 3.55. The highest BCUT2D eigenvalue weighted by Crippen LogP contribution is 2.36. The number of carboxylic acid groups (broad SMARTS) is 1. The summed E-state index contributed by atoms with van der Waals surface area (Å²) in [6.07, 6.45) is 2.06. The lowest BCUT2D eigenvalue weighted by Crippen LogP contribution is -2.57. The van der Waals surface area contributed by atoms with E-state index in [1.807, 2.05) is 18.2 Å². The molecular weight excluding hydrogens is 670 g/mol. The third kappa shape index (κ3) is 7.11. The Morgan fingerprint density at radius 2 is 1.77 bits per heavy atom. The quantitative estimate of drug-likeness (QED) is 0.146. The van der Waals surface area contributed by atoms with Crippen LogP contribution in [-0.4, -0.2) is 85.4 Å². The monoisotopic (exact) mass is 710 g/mol. The number of carbonyl (C=O) groups excluding carboxylic acids is 1. The lowest BCUT2D eigenvalue weighted by atomic mass is 9.89. The fourth-order valence-electron chi connectivity index (χ4n) is 7.11. The number of ether oxygens (including phenoxy) is 1. The van der Waals surface area contributed by atoms with Crippen molar-refractivity contribution in [1.82, 2.24) is 24.8 Å². The Hall–Kier alpha value is -5.24. The number of piperidine rings is 1. The highest BCUT2D eigenvalue weighted by molar-refractivity contribution is 6.06. The molecule has 2 aromatic heterocycles. The summed E-state index contributed by atoms with van der Waals surface area (Å²) in [5, 5.41) is 23.0. The molecule has 52 heavy (non-hydrogen) atoms. The number of amides is 2. The second-order valence-electron chi connectivity index (χ2n) is 14.2. The molecule has 3 aromatic carbocycles. The smallest absolute Gasteiger partial charge is 0.407 e. The van der Waals surface area contributed by atoms with Crippen LogP contribution in [0.2, 0.25) is 0 Å². The van der Waals surface area contributed by atoms with Gasteiger partial charge in [-0.05, 0) is 86.2 Å². The second-order valence-corrected chi connectivity index (χ2v) is 14.2. The van der Waals surface area contributed by atoms with E-state index in [1.165, 1.54) is 49.3 Å². The van der Waals surface area contributed by atoms with E-state index < -0.39 is 34.8 Å². The number of nitrogens with zero attached hydrogens (tertiary/aromatic N) is 4. The van der Waals surface area contributed by atoms with Gasteiger partial charge in [0, 0.05) is 48.5 Å². The molecule has 2 fully saturated rings. The Balaban J connectivity index is 1.07. The average molecular weight is 711 g/mol. The third-order valence-electron chi connectivity index (χ3n) is 10.2. The molecule has 2 amide bonds. The van der Waals surface area contributed by atoms with Crippen LogP contribution in [0, 0.1) is 18.6 Å². The van der Waals surface area contributed by atoms with E-state index in [0.717, 1.165) is 55.4 Å². The van der Waals surface area contributed by atoms with E-state index in [4.69, 9.17) is 4.74 Å². The molecule has 5 aromatic rings. The van der Waals surface area contributed by atoms with Crippen LogP contribution in [0.1, 0.15) is 53.7 Å². The van der Waals surface area contributed by atoms with E-state index in [0.29, 0.717) is 53.1 Å². The van der Waals surface area contributed by atoms with Crippen LogP contribution in [0.4, 0.5) is 19.3 Å². The van der Waals surface area contributed by atoms with Crippen LogP contribution in [0.3, 0.4) is 0 Å². The lowest BCUT2D eigenvalue weighted by molar-refractivity contribution is -0.129. The van der Waals surface area contributed by atoms with Crippen LogP contribution >= 0.6 is 0 Å². The SMILES string of the molecule is Cc1c(NC(=O)c2ccc(C(C)(C)O)cc2F)cc(F)cc1-c1ncnc2[nH]c(-c3ccc(CN4CCC5(CC4)CN(C(=O)O)CCO5)cc3)cc12. The summed E-state index contributed by atoms with van der Waals surface area (Å²) >= 11 is 0. The topological polar surface area (TPSA) is 144 Å². The molecule has 4 N–H and O–H groups in total. The predicted molar refractivity (Wildman–Crippen MR) is 192 cm³/mol. The number of aromatic nitrogens is 3. The van der Waals surface area contributed by atoms with E-state index >= 15 is 4.39 Å². The Morgan fingerprint density at radius 1 is 1.02 bits per heavy atom. The van der Waals surface area contributed by atoms with Gasteiger partial charge in [0.2, 0.25) is 0 Å². The van der Waals surface area contributed by atoms with Gasteiger partial charge < -0.3 is 30.2 Å². The number of halogens is 2. The minimum Gasteiger partial charge on any atom is -0.465 e. The first-order valence-corrected chi connectivity index (χ1v) is 17.2. The summed E-state index contributed by atoms with van der Waals surface area (Å²) in [5.74, 6) is -2.17. The van der Waals surface area contributed by atoms with Gasteiger partial charge in [0.05, 0.1) is 35.6 Å². The van der Waals surface area contributed by atoms with Crippen molar-refractivity contribution in [1.29, 1.82) is 0 Å². The molecule has 0 bridgehead atoms. The van der Waals surface area contributed by atoms with Crippen LogP contribution in [0.25, 0.3) is 33.5 Å². The third-order valence-corrected chi connectivity index (χ3v) is 10.2. The van der Waals surface area contributed by atoms with Crippen molar-refractivity contribution >= 4 is 28.7 Å². The molecule has 13 heteroatoms. The van der Waals surface area contributed by atoms with Gasteiger partial charge >= 0.3 is 6.09 Å². The van der Waals surface area contributed by atoms with Crippen molar-refractivity contribution in [2.24, 2.45) is 0 Å². The zero-order valence-corrected chi connectivity index (χ0v) is 29.2. The first-order valence-electron chi connectivity index (χ1n) is 17.2. The summed E-state index contributed by atoms with van der Waals surface area (Å²) in [4.78, 5) is 40.7. The van der Waals surface area contributed by atoms with Crippen LogP contribution in [-0.2, 0) is 16.9 Å². The maximum absolute atomic E-state index is 15.1. The van der Waals surface area contributed by atoms with Gasteiger partial charge in [-0.15, -0.1) is 0 Å². The van der Waals surface area contributed by atoms with E-state index in [2.05, 4.69) is 37.3 Å². The van der Waals surface area contributed by atoms with Crippen LogP contribution in [0.5, 0.6) is 0 Å². The molecule has 4 heterocycles. The number of likely N-dealkylation sites (tertiary alicyclic amines) is 1. The van der Waals surface area contributed by atoms with Crippen LogP contribution in [0.15, 0.2) is 67.0 Å². The van der Waals surface area contributed by atoms with Gasteiger partial charge in [0.25, 0.3) is 5.91 Å². The molecule has 7 rings (SSSR count). The van der Waals surface area contributed by atoms with Gasteiger partial charge in [-0.1, -0.05) is 30.3 Å². The van der Waals surface area contributed by atoms with Gasteiger partial charge in [0.15, 0.2) is 0 Å². The van der Waals surface area contributed by atoms with Gasteiger partial charge in [-0.2, -0.15) is 0 Å². The molecule has 2 aliphatic rings. The molecule has 0 aliphatic carbocycles. The molecule has 2 aliphatic heterocycles. The first kappa shape index (κ1) is 35.2. The van der Waals surface area contributed by atoms with Crippen LogP contribution < -0.4 is 5.32 Å². The van der Waals surface area contributed by atoms with Crippen molar-refractivity contribution in [3.8, 4) is 22.5 Å². The van der Waals surface area contributed by atoms with Gasteiger partial charge in [0.1, 0.15) is 23.6 Å². The molecule has 270 valence electrons. The van der Waals surface area contributed by atoms with E-state index in [-0.39, 0.29) is 11.3 Å². The highest BCUT2D eigenvalue weighted by atomic mass is 19.1. The Bertz CT molecular complexity index is 2160. The number of hydrogen-bond donors (Lipinski definition) is 4. The number of anilines is 1. The molecule has 0 atom stereocenters. The van der Waals surface area contributed by atoms with Crippen molar-refractivity contribution < 1.29 is 33.3 Å². The number of nitrogens with one attached hydrogen (secondary N) is 2. The largest absolute Gasteiger partial charge is 0.465 e. The number of benzene rings is 3. The number of aliphatic hydroxyl groups is 1. The van der Waals surface area contributed by atoms with Crippen molar-refractivity contribution in [2.75, 3.05) is 38.1 Å². The number of carbonyl (C=O) groups is 2. The fraction of sp³-hybridized carbons (Fsp3) is 0.333. The Morgan fingerprint density at radius 3 is 2.46 bits per heavy atom. The number of hydrogen-bond acceptors (Lipinski definition) is 7. The summed E-state index contributed by atoms with van der Waals surface area (Å²) in [6, 6.07) is 16.5. The highest BCUT2D eigenvalue weighted by Gasteiger charge is 2.41. The minimum absolute atomic E-state index is 0.168. The van der Waals surface area contributed by atoms with Gasteiger partial charge in [-0.3, -0.25) is 9.69 Å². The fourth-order valence-corrected chi connectivity index (χ4v) is 7.11. The number of H-pyrrole nitrogens is 1. The molecule has 1 spiro atoms. The number of aromatic amines is 1. The summed E-state index contributed by atoms with van der Waals surface area (Å²) in [6.45, 7) is 8.42. The Kier molecular flexibility index (Phi) is 9.28. The maximum Gasteiger partial charge on any atom is 0.407 e. The number of rotatable bonds is 7. The molecular formula is C39H40F2N6O5. The van der Waals surface area contributed by atoms with E-state index in [1.54, 1.807) is 6.92 Å². The lowest BCUT2D eigenvalue weighted by Gasteiger charge is -2.46. The number of fused-ring (bicyclic) bond motifs is 1. The zero-order chi connectivity index (χ0) is 36.8. The second kappa shape index (κ2) is 13.7. The maximum atomic E-state index is 15.1. The molecule has 2 saturated heterocycles. The molecule has 0 radical (unpaired) electrons.